The molecule has 0 aromatic carbocycles. The van der Waals surface area contributed by atoms with Gasteiger partial charge in [0, 0.05) is 6.42 Å². The van der Waals surface area contributed by atoms with Gasteiger partial charge in [0.1, 0.15) is 12.2 Å². The van der Waals surface area contributed by atoms with E-state index in [4.69, 9.17) is 20.2 Å². The van der Waals surface area contributed by atoms with Gasteiger partial charge in [-0.15, -0.1) is 0 Å². The quantitative estimate of drug-likeness (QED) is 0.0769. The molecule has 0 aliphatic carbocycles. The van der Waals surface area contributed by atoms with Crippen molar-refractivity contribution in [3.05, 3.63) is 48.6 Å². The molecule has 0 aromatic heterocycles. The first-order valence-electron chi connectivity index (χ1n) is 10.5. The number of carbonyl (C=O) groups excluding carboxylic acids is 1. The lowest BCUT2D eigenvalue weighted by Crippen LogP contribution is -2.25. The summed E-state index contributed by atoms with van der Waals surface area (Å²) in [4.78, 5) is 15.9. The zero-order valence-corrected chi connectivity index (χ0v) is 17.6. The molecule has 0 spiro atoms. The first-order valence-corrected chi connectivity index (χ1v) is 10.5. The Hall–Kier alpha value is -1.73. The second-order valence-electron chi connectivity index (χ2n) is 6.74. The molecule has 0 saturated heterocycles. The van der Waals surface area contributed by atoms with E-state index in [-0.39, 0.29) is 25.7 Å². The van der Waals surface area contributed by atoms with Crippen molar-refractivity contribution in [2.75, 3.05) is 13.2 Å². The molecule has 0 aliphatic heterocycles. The van der Waals surface area contributed by atoms with Crippen molar-refractivity contribution in [3.8, 4) is 0 Å². The van der Waals surface area contributed by atoms with Gasteiger partial charge in [-0.05, 0) is 32.1 Å². The van der Waals surface area contributed by atoms with Crippen LogP contribution in [-0.2, 0) is 14.4 Å². The first-order chi connectivity index (χ1) is 14.2. The van der Waals surface area contributed by atoms with Crippen LogP contribution in [0.25, 0.3) is 0 Å². The van der Waals surface area contributed by atoms with Crippen molar-refractivity contribution < 1.29 is 29.9 Å². The molecule has 1 atom stereocenters. The Morgan fingerprint density at radius 3 is 2.28 bits per heavy atom. The molecule has 29 heavy (non-hydrogen) atoms. The van der Waals surface area contributed by atoms with E-state index in [2.05, 4.69) is 30.0 Å². The third-order valence-corrected chi connectivity index (χ3v) is 4.14. The van der Waals surface area contributed by atoms with Crippen LogP contribution in [0.2, 0.25) is 0 Å². The van der Waals surface area contributed by atoms with Crippen LogP contribution in [0, 0.1) is 0 Å². The Labute approximate surface area is 175 Å². The highest BCUT2D eigenvalue weighted by molar-refractivity contribution is 5.69. The van der Waals surface area contributed by atoms with Crippen molar-refractivity contribution >= 4 is 5.97 Å². The summed E-state index contributed by atoms with van der Waals surface area (Å²) in [6.07, 6.45) is 22.5. The second-order valence-corrected chi connectivity index (χ2v) is 6.74. The molecule has 0 rings (SSSR count). The van der Waals surface area contributed by atoms with Gasteiger partial charge in [0.05, 0.1) is 13.2 Å². The van der Waals surface area contributed by atoms with E-state index in [1.54, 1.807) is 0 Å². The number of aliphatic hydroxyl groups excluding tert-OH is 2. The third-order valence-electron chi connectivity index (χ3n) is 4.14. The van der Waals surface area contributed by atoms with Crippen molar-refractivity contribution in [3.63, 3.8) is 0 Å². The number of ether oxygens (including phenoxy) is 1. The highest BCUT2D eigenvalue weighted by Crippen LogP contribution is 2.07. The maximum absolute atomic E-state index is 11.5. The summed E-state index contributed by atoms with van der Waals surface area (Å²) in [5.41, 5.74) is 0. The van der Waals surface area contributed by atoms with E-state index in [0.717, 1.165) is 44.9 Å². The van der Waals surface area contributed by atoms with E-state index in [1.165, 1.54) is 0 Å². The fraction of sp³-hybridized carbons (Fsp3) is 0.609. The number of rotatable bonds is 18. The molecule has 0 radical (unpaired) electrons. The molecule has 0 unspecified atom stereocenters. The van der Waals surface area contributed by atoms with E-state index in [1.807, 2.05) is 30.4 Å². The van der Waals surface area contributed by atoms with Crippen LogP contribution in [-0.4, -0.2) is 46.9 Å². The highest BCUT2D eigenvalue weighted by Gasteiger charge is 2.11. The fourth-order valence-corrected chi connectivity index (χ4v) is 2.43. The lowest BCUT2D eigenvalue weighted by atomic mass is 10.1. The Morgan fingerprint density at radius 1 is 0.931 bits per heavy atom. The molecule has 0 amide bonds. The predicted molar refractivity (Wildman–Crippen MR) is 115 cm³/mol. The van der Waals surface area contributed by atoms with Crippen LogP contribution in [0.5, 0.6) is 0 Å². The van der Waals surface area contributed by atoms with Gasteiger partial charge in [-0.1, -0.05) is 74.8 Å². The zero-order chi connectivity index (χ0) is 21.6. The number of carbonyl (C=O) groups is 1. The lowest BCUT2D eigenvalue weighted by molar-refractivity contribution is -0.267. The van der Waals surface area contributed by atoms with Gasteiger partial charge in [0.25, 0.3) is 0 Å². The Morgan fingerprint density at radius 2 is 1.62 bits per heavy atom. The normalized spacial score (nSPS) is 13.6. The van der Waals surface area contributed by atoms with Gasteiger partial charge in [-0.3, -0.25) is 10.1 Å². The molecule has 0 aliphatic rings. The smallest absolute Gasteiger partial charge is 0.306 e. The molecular weight excluding hydrogens is 372 g/mol. The van der Waals surface area contributed by atoms with Gasteiger partial charge in [-0.2, -0.15) is 0 Å². The summed E-state index contributed by atoms with van der Waals surface area (Å²) >= 11 is 0. The third kappa shape index (κ3) is 18.1. The van der Waals surface area contributed by atoms with Crippen LogP contribution < -0.4 is 0 Å². The van der Waals surface area contributed by atoms with Crippen LogP contribution in [0.1, 0.15) is 64.7 Å². The van der Waals surface area contributed by atoms with E-state index in [0.29, 0.717) is 6.42 Å². The van der Waals surface area contributed by atoms with Gasteiger partial charge >= 0.3 is 5.97 Å². The molecule has 3 N–H and O–H groups in total. The van der Waals surface area contributed by atoms with Crippen molar-refractivity contribution in [1.29, 1.82) is 0 Å². The van der Waals surface area contributed by atoms with E-state index < -0.39 is 12.1 Å². The average molecular weight is 411 g/mol. The van der Waals surface area contributed by atoms with Crippen molar-refractivity contribution in [2.24, 2.45) is 0 Å². The van der Waals surface area contributed by atoms with Gasteiger partial charge in [0.2, 0.25) is 0 Å². The average Bonchev–Trinajstić information content (AvgIpc) is 2.73. The maximum Gasteiger partial charge on any atom is 0.306 e. The largest absolute Gasteiger partial charge is 0.457 e. The Balaban J connectivity index is 3.75. The first kappa shape index (κ1) is 27.3. The highest BCUT2D eigenvalue weighted by atomic mass is 17.1. The summed E-state index contributed by atoms with van der Waals surface area (Å²) in [6, 6.07) is 0. The Kier molecular flexibility index (Phi) is 19.7. The van der Waals surface area contributed by atoms with E-state index >= 15 is 0 Å². The number of allylic oxidation sites excluding steroid dienone is 7. The molecule has 166 valence electrons. The summed E-state index contributed by atoms with van der Waals surface area (Å²) < 4.78 is 4.89. The van der Waals surface area contributed by atoms with Gasteiger partial charge < -0.3 is 14.9 Å². The van der Waals surface area contributed by atoms with Crippen LogP contribution in [0.4, 0.5) is 0 Å². The van der Waals surface area contributed by atoms with Crippen molar-refractivity contribution in [2.45, 2.75) is 76.9 Å². The molecule has 6 nitrogen and oxygen atoms in total. The SMILES string of the molecule is CCCCC[C@@H](/C=C/C=C\C/C=C\C/C=C\CCCC(=O)OC(CO)CO)OO. The molecule has 0 bridgehead atoms. The van der Waals surface area contributed by atoms with Crippen molar-refractivity contribution in [1.82, 2.24) is 0 Å². The van der Waals surface area contributed by atoms with E-state index in [9.17, 15) is 4.79 Å². The number of aliphatic hydroxyl groups is 2. The number of hydrogen-bond acceptors (Lipinski definition) is 6. The Bertz CT molecular complexity index is 492. The minimum absolute atomic E-state index is 0.237. The second kappa shape index (κ2) is 21.0. The molecule has 0 heterocycles. The summed E-state index contributed by atoms with van der Waals surface area (Å²) in [5.74, 6) is -0.398. The molecule has 0 aromatic rings. The predicted octanol–water partition coefficient (Wildman–Crippen LogP) is 4.50. The zero-order valence-electron chi connectivity index (χ0n) is 17.6. The van der Waals surface area contributed by atoms with Crippen LogP contribution >= 0.6 is 0 Å². The van der Waals surface area contributed by atoms with Gasteiger partial charge in [-0.25, -0.2) is 4.89 Å². The summed E-state index contributed by atoms with van der Waals surface area (Å²) in [7, 11) is 0. The maximum atomic E-state index is 11.5. The number of hydrogen-bond donors (Lipinski definition) is 3. The monoisotopic (exact) mass is 410 g/mol. The van der Waals surface area contributed by atoms with Crippen LogP contribution in [0.15, 0.2) is 48.6 Å². The minimum Gasteiger partial charge on any atom is -0.457 e. The minimum atomic E-state index is -0.817. The number of unbranched alkanes of at least 4 members (excludes halogenated alkanes) is 3. The molecule has 0 saturated carbocycles. The molecular formula is C23H38O6. The fourth-order valence-electron chi connectivity index (χ4n) is 2.43. The topological polar surface area (TPSA) is 96.2 Å². The van der Waals surface area contributed by atoms with Gasteiger partial charge in [0.15, 0.2) is 0 Å². The number of esters is 1. The summed E-state index contributed by atoms with van der Waals surface area (Å²) in [6.45, 7) is 1.42. The van der Waals surface area contributed by atoms with Crippen LogP contribution in [0.3, 0.4) is 0 Å². The summed E-state index contributed by atoms with van der Waals surface area (Å²) in [5, 5.41) is 26.5. The lowest BCUT2D eigenvalue weighted by Gasteiger charge is -2.11. The standard InChI is InChI=1S/C23H38O6/c1-2-3-13-16-21(29-27)17-14-11-9-7-5-4-6-8-10-12-15-18-23(26)28-22(19-24)20-25/h4-5,8-11,14,17,21-22,24-25,27H,2-3,6-7,12-13,15-16,18-20H2,1H3/b5-4-,10-8-,11-9-,17-14+/t21-/m0/s1. The molecule has 0 fully saturated rings. The molecule has 6 heteroatoms.